The summed E-state index contributed by atoms with van der Waals surface area (Å²) in [7, 11) is 1.59. The maximum absolute atomic E-state index is 13.3. The minimum absolute atomic E-state index is 0.0938. The number of amides is 2. The second-order valence-electron chi connectivity index (χ2n) is 11.8. The molecule has 1 fully saturated rings. The fourth-order valence-corrected chi connectivity index (χ4v) is 6.45. The summed E-state index contributed by atoms with van der Waals surface area (Å²) < 4.78 is 5.62. The van der Waals surface area contributed by atoms with Crippen LogP contribution in [0.3, 0.4) is 0 Å². The lowest BCUT2D eigenvalue weighted by molar-refractivity contribution is -0.119. The molecule has 2 aliphatic rings. The van der Waals surface area contributed by atoms with Crippen molar-refractivity contribution in [3.63, 3.8) is 0 Å². The van der Waals surface area contributed by atoms with Gasteiger partial charge < -0.3 is 25.8 Å². The van der Waals surface area contributed by atoms with Crippen LogP contribution in [0.25, 0.3) is 22.5 Å². The molecule has 3 aromatic heterocycles. The van der Waals surface area contributed by atoms with Crippen LogP contribution in [0.2, 0.25) is 5.02 Å². The van der Waals surface area contributed by atoms with Gasteiger partial charge in [-0.15, -0.1) is 0 Å². The van der Waals surface area contributed by atoms with Crippen LogP contribution in [0.15, 0.2) is 54.9 Å². The fraction of sp³-hybridized carbons (Fsp3) is 0.343. The number of fused-ring (bicyclic) bond motifs is 1. The summed E-state index contributed by atoms with van der Waals surface area (Å²) in [4.78, 5) is 40.8. The highest BCUT2D eigenvalue weighted by Crippen LogP contribution is 2.38. The molecule has 12 heteroatoms. The van der Waals surface area contributed by atoms with E-state index in [2.05, 4.69) is 30.8 Å². The van der Waals surface area contributed by atoms with E-state index in [1.54, 1.807) is 19.5 Å². The van der Waals surface area contributed by atoms with Crippen molar-refractivity contribution in [1.29, 1.82) is 0 Å². The highest BCUT2D eigenvalue weighted by Gasteiger charge is 2.22. The molecule has 4 aromatic rings. The molecule has 0 aliphatic carbocycles. The number of hydrogen-bond donors (Lipinski definition) is 4. The predicted molar refractivity (Wildman–Crippen MR) is 180 cm³/mol. The molecule has 4 N–H and O–H groups in total. The number of nitrogens with one attached hydrogen (secondary N) is 3. The molecule has 0 radical (unpaired) electrons. The van der Waals surface area contributed by atoms with Gasteiger partial charge in [-0.1, -0.05) is 29.8 Å². The summed E-state index contributed by atoms with van der Waals surface area (Å²) in [5.74, 6) is 0.285. The Labute approximate surface area is 278 Å². The first-order chi connectivity index (χ1) is 22.8. The van der Waals surface area contributed by atoms with Crippen LogP contribution < -0.4 is 20.7 Å². The Morgan fingerprint density at radius 2 is 2.02 bits per heavy atom. The van der Waals surface area contributed by atoms with E-state index < -0.39 is 0 Å². The Kier molecular flexibility index (Phi) is 10.1. The fourth-order valence-electron chi connectivity index (χ4n) is 6.14. The van der Waals surface area contributed by atoms with Crippen LogP contribution in [-0.4, -0.2) is 76.2 Å². The van der Waals surface area contributed by atoms with Gasteiger partial charge in [0.1, 0.15) is 5.69 Å². The Bertz CT molecular complexity index is 1800. The number of rotatable bonds is 11. The third-order valence-electron chi connectivity index (χ3n) is 8.75. The van der Waals surface area contributed by atoms with Gasteiger partial charge in [-0.2, -0.15) is 0 Å². The van der Waals surface area contributed by atoms with E-state index in [0.717, 1.165) is 47.2 Å². The van der Waals surface area contributed by atoms with E-state index in [9.17, 15) is 14.7 Å². The Balaban J connectivity index is 1.19. The minimum Gasteiger partial charge on any atom is -0.481 e. The van der Waals surface area contributed by atoms with Gasteiger partial charge in [0.25, 0.3) is 5.91 Å². The van der Waals surface area contributed by atoms with Crippen LogP contribution in [0.1, 0.15) is 45.6 Å². The predicted octanol–water partition coefficient (Wildman–Crippen LogP) is 4.15. The highest BCUT2D eigenvalue weighted by atomic mass is 35.5. The van der Waals surface area contributed by atoms with Gasteiger partial charge in [0, 0.05) is 80.0 Å². The number of methoxy groups -OCH3 is 1. The van der Waals surface area contributed by atoms with E-state index in [1.165, 1.54) is 0 Å². The molecule has 47 heavy (non-hydrogen) atoms. The summed E-state index contributed by atoms with van der Waals surface area (Å²) >= 11 is 7.00. The number of ether oxygens (including phenoxy) is 1. The number of benzene rings is 1. The molecule has 0 spiro atoms. The summed E-state index contributed by atoms with van der Waals surface area (Å²) in [5.41, 5.74) is 7.57. The Morgan fingerprint density at radius 1 is 1.15 bits per heavy atom. The zero-order valence-electron chi connectivity index (χ0n) is 26.5. The van der Waals surface area contributed by atoms with Gasteiger partial charge in [-0.3, -0.25) is 24.5 Å². The van der Waals surface area contributed by atoms with E-state index in [-0.39, 0.29) is 24.5 Å². The van der Waals surface area contributed by atoms with Crippen LogP contribution in [0.5, 0.6) is 5.88 Å². The van der Waals surface area contributed by atoms with Crippen molar-refractivity contribution in [3.05, 3.63) is 87.8 Å². The number of carbonyl (C=O) groups is 2. The number of aliphatic hydroxyl groups excluding tert-OH is 1. The van der Waals surface area contributed by atoms with Crippen molar-refractivity contribution in [3.8, 4) is 28.4 Å². The summed E-state index contributed by atoms with van der Waals surface area (Å²) in [6.07, 6.45) is 5.65. The molecule has 0 saturated carbocycles. The molecule has 244 valence electrons. The lowest BCUT2D eigenvalue weighted by Gasteiger charge is -2.27. The molecule has 11 nitrogen and oxygen atoms in total. The maximum Gasteiger partial charge on any atom is 0.274 e. The number of carbonyl (C=O) groups excluding carboxylic acids is 2. The zero-order chi connectivity index (χ0) is 32.9. The summed E-state index contributed by atoms with van der Waals surface area (Å²) in [5, 5.41) is 19.1. The van der Waals surface area contributed by atoms with Crippen molar-refractivity contribution in [1.82, 2.24) is 30.5 Å². The number of halogens is 1. The zero-order valence-corrected chi connectivity index (χ0v) is 27.2. The number of anilines is 1. The number of pyridine rings is 3. The highest BCUT2D eigenvalue weighted by molar-refractivity contribution is 6.35. The number of aromatic nitrogens is 3. The average Bonchev–Trinajstić information content (AvgIpc) is 3.50. The first-order valence-electron chi connectivity index (χ1n) is 15.8. The molecule has 1 aromatic carbocycles. The second kappa shape index (κ2) is 14.6. The van der Waals surface area contributed by atoms with Gasteiger partial charge in [0.05, 0.1) is 30.1 Å². The molecule has 5 heterocycles. The van der Waals surface area contributed by atoms with Gasteiger partial charge >= 0.3 is 0 Å². The van der Waals surface area contributed by atoms with Crippen molar-refractivity contribution < 1.29 is 19.4 Å². The third kappa shape index (κ3) is 7.28. The van der Waals surface area contributed by atoms with E-state index in [1.807, 2.05) is 49.4 Å². The molecule has 0 bridgehead atoms. The SMILES string of the molecule is COc1nc(-c2ccnc(-c3cccc(NC(=O)c4cc5c(cn4)CN(CCO)CC5)c3C)c2Cl)ccc1CNC[C@@H]1CCC(=O)N1. The van der Waals surface area contributed by atoms with E-state index in [0.29, 0.717) is 71.8 Å². The molecule has 1 saturated heterocycles. The Morgan fingerprint density at radius 3 is 2.81 bits per heavy atom. The number of hydrogen-bond acceptors (Lipinski definition) is 9. The molecule has 0 unspecified atom stereocenters. The number of aliphatic hydroxyl groups is 1. The topological polar surface area (TPSA) is 142 Å². The standard InChI is InChI=1S/C35H38ClN7O4/c1-21-26(4-3-5-28(21)41-34(46)30-16-22-11-13-43(14-15-44)20-24(22)18-39-30)33-32(36)27(10-12-38-33)29-8-6-23(35(42-29)47-2)17-37-19-25-7-9-31(45)40-25/h3-6,8,10,12,16,18,25,37,44H,7,9,11,13-15,17,19-20H2,1-2H3,(H,40,45)(H,41,46)/t25-/m0/s1. The minimum atomic E-state index is -0.294. The van der Waals surface area contributed by atoms with Crippen LogP contribution >= 0.6 is 11.6 Å². The van der Waals surface area contributed by atoms with Crippen molar-refractivity contribution >= 4 is 29.1 Å². The number of β-amino-alcohol motifs (C(OH)–C–C–N with tert-alkyl or cyclic N) is 1. The van der Waals surface area contributed by atoms with Gasteiger partial charge in [0.2, 0.25) is 11.8 Å². The van der Waals surface area contributed by atoms with Crippen LogP contribution in [0.4, 0.5) is 5.69 Å². The molecule has 6 rings (SSSR count). The molecular formula is C35H38ClN7O4. The van der Waals surface area contributed by atoms with Crippen LogP contribution in [0, 0.1) is 6.92 Å². The van der Waals surface area contributed by atoms with E-state index in [4.69, 9.17) is 21.3 Å². The van der Waals surface area contributed by atoms with Gasteiger partial charge in [-0.05, 0) is 60.7 Å². The second-order valence-corrected chi connectivity index (χ2v) is 12.2. The van der Waals surface area contributed by atoms with Crippen LogP contribution in [-0.2, 0) is 24.3 Å². The summed E-state index contributed by atoms with van der Waals surface area (Å²) in [6.45, 7) is 5.42. The van der Waals surface area contributed by atoms with E-state index >= 15 is 0 Å². The Hall–Kier alpha value is -4.42. The van der Waals surface area contributed by atoms with Gasteiger partial charge in [-0.25, -0.2) is 4.98 Å². The maximum atomic E-state index is 13.3. The monoisotopic (exact) mass is 655 g/mol. The first kappa shape index (κ1) is 32.5. The smallest absolute Gasteiger partial charge is 0.274 e. The van der Waals surface area contributed by atoms with Gasteiger partial charge in [0.15, 0.2) is 0 Å². The lowest BCUT2D eigenvalue weighted by atomic mass is 10.00. The average molecular weight is 656 g/mol. The molecular weight excluding hydrogens is 618 g/mol. The summed E-state index contributed by atoms with van der Waals surface area (Å²) in [6, 6.07) is 13.3. The van der Waals surface area contributed by atoms with Crippen molar-refractivity contribution in [2.45, 2.75) is 45.3 Å². The van der Waals surface area contributed by atoms with Crippen molar-refractivity contribution in [2.75, 3.05) is 38.7 Å². The molecule has 2 amide bonds. The quantitative estimate of drug-likeness (QED) is 0.188. The lowest BCUT2D eigenvalue weighted by Crippen LogP contribution is -2.35. The number of nitrogens with zero attached hydrogens (tertiary/aromatic N) is 4. The largest absolute Gasteiger partial charge is 0.481 e. The molecule has 1 atom stereocenters. The molecule has 2 aliphatic heterocycles. The first-order valence-corrected chi connectivity index (χ1v) is 16.1. The van der Waals surface area contributed by atoms with Crippen molar-refractivity contribution in [2.24, 2.45) is 0 Å². The normalized spacial score (nSPS) is 16.1. The third-order valence-corrected chi connectivity index (χ3v) is 9.13.